The Balaban J connectivity index is 2.08. The predicted octanol–water partition coefficient (Wildman–Crippen LogP) is 2.71. The molecule has 0 unspecified atom stereocenters. The van der Waals surface area contributed by atoms with Crippen LogP contribution < -0.4 is 10.1 Å². The number of alkyl halides is 3. The summed E-state index contributed by atoms with van der Waals surface area (Å²) in [5.41, 5.74) is -1.22. The number of rotatable bonds is 4. The normalized spacial score (nSPS) is 17.0. The van der Waals surface area contributed by atoms with Gasteiger partial charge in [0, 0.05) is 5.56 Å². The van der Waals surface area contributed by atoms with Crippen molar-refractivity contribution in [3.63, 3.8) is 0 Å². The van der Waals surface area contributed by atoms with Gasteiger partial charge in [-0.1, -0.05) is 12.8 Å². The highest BCUT2D eigenvalue weighted by Crippen LogP contribution is 2.30. The number of amides is 1. The molecule has 0 radical (unpaired) electrons. The van der Waals surface area contributed by atoms with Crippen molar-refractivity contribution in [2.75, 3.05) is 0 Å². The molecule has 0 bridgehead atoms. The number of benzene rings is 1. The highest BCUT2D eigenvalue weighted by molar-refractivity contribution is 5.98. The van der Waals surface area contributed by atoms with Gasteiger partial charge in [-0.15, -0.1) is 13.2 Å². The summed E-state index contributed by atoms with van der Waals surface area (Å²) in [5.74, 6) is -2.18. The van der Waals surface area contributed by atoms with Crippen LogP contribution in [0.3, 0.4) is 0 Å². The zero-order chi connectivity index (χ0) is 16.4. The predicted molar refractivity (Wildman–Crippen MR) is 69.4 cm³/mol. The van der Waals surface area contributed by atoms with Crippen LogP contribution in [0.15, 0.2) is 24.3 Å². The Labute approximate surface area is 124 Å². The van der Waals surface area contributed by atoms with Gasteiger partial charge in [-0.3, -0.25) is 4.79 Å². The first-order chi connectivity index (χ1) is 10.2. The van der Waals surface area contributed by atoms with E-state index in [0.717, 1.165) is 24.3 Å². The minimum Gasteiger partial charge on any atom is -0.480 e. The van der Waals surface area contributed by atoms with Crippen LogP contribution in [0.1, 0.15) is 36.0 Å². The summed E-state index contributed by atoms with van der Waals surface area (Å²) in [4.78, 5) is 23.4. The van der Waals surface area contributed by atoms with Gasteiger partial charge in [0.2, 0.25) is 0 Å². The second-order valence-corrected chi connectivity index (χ2v) is 5.12. The number of carboxylic acids is 1. The van der Waals surface area contributed by atoms with Crippen molar-refractivity contribution in [1.82, 2.24) is 5.32 Å². The molecule has 1 aliphatic rings. The topological polar surface area (TPSA) is 75.6 Å². The Morgan fingerprint density at radius 1 is 1.14 bits per heavy atom. The molecule has 0 spiro atoms. The summed E-state index contributed by atoms with van der Waals surface area (Å²) in [6.45, 7) is 0. The largest absolute Gasteiger partial charge is 0.573 e. The van der Waals surface area contributed by atoms with E-state index in [-0.39, 0.29) is 5.56 Å². The van der Waals surface area contributed by atoms with E-state index in [4.69, 9.17) is 0 Å². The fourth-order valence-corrected chi connectivity index (χ4v) is 2.47. The molecule has 0 heterocycles. The number of carbonyl (C=O) groups is 2. The lowest BCUT2D eigenvalue weighted by Gasteiger charge is -2.25. The monoisotopic (exact) mass is 317 g/mol. The van der Waals surface area contributed by atoms with Crippen LogP contribution >= 0.6 is 0 Å². The van der Waals surface area contributed by atoms with Gasteiger partial charge in [-0.25, -0.2) is 4.79 Å². The standard InChI is InChI=1S/C14H14F3NO4/c15-14(16,17)22-10-5-3-9(4-6-10)11(19)18-13(12(20)21)7-1-2-8-13/h3-6H,1-2,7-8H2,(H,18,19)(H,20,21). The average molecular weight is 317 g/mol. The maximum Gasteiger partial charge on any atom is 0.573 e. The van der Waals surface area contributed by atoms with Gasteiger partial charge in [0.25, 0.3) is 5.91 Å². The molecule has 0 aromatic heterocycles. The molecule has 2 rings (SSSR count). The fourth-order valence-electron chi connectivity index (χ4n) is 2.47. The van der Waals surface area contributed by atoms with E-state index in [1.165, 1.54) is 0 Å². The molecule has 120 valence electrons. The molecular formula is C14H14F3NO4. The van der Waals surface area contributed by atoms with Crippen LogP contribution in [0, 0.1) is 0 Å². The summed E-state index contributed by atoms with van der Waals surface area (Å²) in [6, 6.07) is 4.32. The van der Waals surface area contributed by atoms with Crippen LogP contribution in [-0.4, -0.2) is 28.9 Å². The molecule has 1 amide bonds. The number of hydrogen-bond donors (Lipinski definition) is 2. The SMILES string of the molecule is O=C(NC1(C(=O)O)CCCC1)c1ccc(OC(F)(F)F)cc1. The van der Waals surface area contributed by atoms with Crippen molar-refractivity contribution in [2.45, 2.75) is 37.6 Å². The molecule has 1 fully saturated rings. The van der Waals surface area contributed by atoms with Crippen molar-refractivity contribution in [2.24, 2.45) is 0 Å². The highest BCUT2D eigenvalue weighted by Gasteiger charge is 2.42. The van der Waals surface area contributed by atoms with E-state index in [9.17, 15) is 27.9 Å². The van der Waals surface area contributed by atoms with Gasteiger partial charge >= 0.3 is 12.3 Å². The second-order valence-electron chi connectivity index (χ2n) is 5.12. The third-order valence-corrected chi connectivity index (χ3v) is 3.57. The van der Waals surface area contributed by atoms with Gasteiger partial charge in [0.15, 0.2) is 0 Å². The molecule has 1 aliphatic carbocycles. The molecule has 0 saturated heterocycles. The minimum absolute atomic E-state index is 0.0713. The van der Waals surface area contributed by atoms with Gasteiger partial charge in [0.1, 0.15) is 11.3 Å². The third kappa shape index (κ3) is 3.69. The molecule has 1 aromatic carbocycles. The van der Waals surface area contributed by atoms with Crippen molar-refractivity contribution >= 4 is 11.9 Å². The Bertz CT molecular complexity index is 562. The van der Waals surface area contributed by atoms with Crippen molar-refractivity contribution in [3.8, 4) is 5.75 Å². The first-order valence-corrected chi connectivity index (χ1v) is 6.64. The lowest BCUT2D eigenvalue weighted by atomic mass is 9.97. The van der Waals surface area contributed by atoms with E-state index in [0.29, 0.717) is 25.7 Å². The van der Waals surface area contributed by atoms with Gasteiger partial charge in [0.05, 0.1) is 0 Å². The molecule has 5 nitrogen and oxygen atoms in total. The average Bonchev–Trinajstić information content (AvgIpc) is 2.87. The van der Waals surface area contributed by atoms with Crippen molar-refractivity contribution in [1.29, 1.82) is 0 Å². The number of carboxylic acid groups (broad SMARTS) is 1. The minimum atomic E-state index is -4.80. The molecule has 8 heteroatoms. The van der Waals surface area contributed by atoms with E-state index in [1.807, 2.05) is 0 Å². The third-order valence-electron chi connectivity index (χ3n) is 3.57. The van der Waals surface area contributed by atoms with Crippen molar-refractivity contribution in [3.05, 3.63) is 29.8 Å². The molecule has 1 saturated carbocycles. The van der Waals surface area contributed by atoms with Crippen LogP contribution in [-0.2, 0) is 4.79 Å². The molecule has 2 N–H and O–H groups in total. The van der Waals surface area contributed by atoms with Crippen LogP contribution in [0.25, 0.3) is 0 Å². The van der Waals surface area contributed by atoms with Crippen molar-refractivity contribution < 1.29 is 32.6 Å². The number of hydrogen-bond acceptors (Lipinski definition) is 3. The van der Waals surface area contributed by atoms with Crippen LogP contribution in [0.2, 0.25) is 0 Å². The fraction of sp³-hybridized carbons (Fsp3) is 0.429. The van der Waals surface area contributed by atoms with E-state index in [2.05, 4.69) is 10.1 Å². The molecule has 0 aliphatic heterocycles. The zero-order valence-corrected chi connectivity index (χ0v) is 11.4. The summed E-state index contributed by atoms with van der Waals surface area (Å²) < 4.78 is 39.8. The summed E-state index contributed by atoms with van der Waals surface area (Å²) in [5, 5.41) is 11.7. The molecule has 22 heavy (non-hydrogen) atoms. The lowest BCUT2D eigenvalue weighted by Crippen LogP contribution is -2.52. The Morgan fingerprint density at radius 2 is 1.68 bits per heavy atom. The number of halogens is 3. The molecular weight excluding hydrogens is 303 g/mol. The maximum absolute atomic E-state index is 12.1. The van der Waals surface area contributed by atoms with Gasteiger partial charge < -0.3 is 15.2 Å². The lowest BCUT2D eigenvalue weighted by molar-refractivity contribution is -0.274. The number of nitrogens with one attached hydrogen (secondary N) is 1. The van der Waals surface area contributed by atoms with E-state index < -0.39 is 29.5 Å². The van der Waals surface area contributed by atoms with Gasteiger partial charge in [-0.05, 0) is 37.1 Å². The molecule has 1 aromatic rings. The van der Waals surface area contributed by atoms with Crippen LogP contribution in [0.4, 0.5) is 13.2 Å². The van der Waals surface area contributed by atoms with Gasteiger partial charge in [-0.2, -0.15) is 0 Å². The Morgan fingerprint density at radius 3 is 2.14 bits per heavy atom. The Kier molecular flexibility index (Phi) is 4.30. The van der Waals surface area contributed by atoms with Crippen LogP contribution in [0.5, 0.6) is 5.75 Å². The second kappa shape index (κ2) is 5.86. The summed E-state index contributed by atoms with van der Waals surface area (Å²) >= 11 is 0. The highest BCUT2D eigenvalue weighted by atomic mass is 19.4. The van der Waals surface area contributed by atoms with E-state index in [1.54, 1.807) is 0 Å². The maximum atomic E-state index is 12.1. The number of carbonyl (C=O) groups excluding carboxylic acids is 1. The quantitative estimate of drug-likeness (QED) is 0.895. The van der Waals surface area contributed by atoms with E-state index >= 15 is 0 Å². The zero-order valence-electron chi connectivity index (χ0n) is 11.4. The number of ether oxygens (including phenoxy) is 1. The summed E-state index contributed by atoms with van der Waals surface area (Å²) in [7, 11) is 0. The Hall–Kier alpha value is -2.25. The smallest absolute Gasteiger partial charge is 0.480 e. The first-order valence-electron chi connectivity index (χ1n) is 6.64. The molecule has 0 atom stereocenters. The first kappa shape index (κ1) is 16.1. The number of aliphatic carboxylic acids is 1. The summed E-state index contributed by atoms with van der Waals surface area (Å²) in [6.07, 6.45) is -2.73.